The smallest absolute Gasteiger partial charge is 0.323 e. The molecule has 0 aliphatic rings. The Morgan fingerprint density at radius 2 is 2.19 bits per heavy atom. The molecule has 0 amide bonds. The van der Waals surface area contributed by atoms with Gasteiger partial charge >= 0.3 is 5.97 Å². The van der Waals surface area contributed by atoms with Crippen molar-refractivity contribution in [3.05, 3.63) is 11.4 Å². The number of rotatable bonds is 5. The average Bonchev–Trinajstić information content (AvgIpc) is 2.64. The molecule has 0 bridgehead atoms. The van der Waals surface area contributed by atoms with Crippen molar-refractivity contribution in [1.29, 1.82) is 0 Å². The van der Waals surface area contributed by atoms with Gasteiger partial charge in [0.2, 0.25) is 0 Å². The maximum absolute atomic E-state index is 11.5. The molecule has 90 valence electrons. The SMILES string of the molecule is COC(=O)C(NCc1nonc1C)C(C)C. The highest BCUT2D eigenvalue weighted by Crippen LogP contribution is 2.06. The first-order valence-corrected chi connectivity index (χ1v) is 5.15. The zero-order valence-electron chi connectivity index (χ0n) is 9.98. The number of carbonyl (C=O) groups is 1. The van der Waals surface area contributed by atoms with E-state index < -0.39 is 0 Å². The van der Waals surface area contributed by atoms with E-state index in [9.17, 15) is 4.79 Å². The van der Waals surface area contributed by atoms with Gasteiger partial charge in [-0.15, -0.1) is 0 Å². The van der Waals surface area contributed by atoms with Crippen molar-refractivity contribution >= 4 is 5.97 Å². The van der Waals surface area contributed by atoms with E-state index in [-0.39, 0.29) is 17.9 Å². The number of nitrogens with one attached hydrogen (secondary N) is 1. The highest BCUT2D eigenvalue weighted by Gasteiger charge is 2.22. The first kappa shape index (κ1) is 12.6. The van der Waals surface area contributed by atoms with E-state index in [1.165, 1.54) is 7.11 Å². The minimum absolute atomic E-state index is 0.146. The molecule has 6 heteroatoms. The Morgan fingerprint density at radius 1 is 1.50 bits per heavy atom. The molecule has 1 heterocycles. The lowest BCUT2D eigenvalue weighted by atomic mass is 10.0. The van der Waals surface area contributed by atoms with Gasteiger partial charge in [0.05, 0.1) is 7.11 Å². The molecule has 0 radical (unpaired) electrons. The molecule has 1 rings (SSSR count). The molecule has 0 saturated carbocycles. The Bertz CT molecular complexity index is 349. The van der Waals surface area contributed by atoms with Crippen molar-refractivity contribution in [2.45, 2.75) is 33.4 Å². The van der Waals surface area contributed by atoms with Crippen molar-refractivity contribution in [3.8, 4) is 0 Å². The van der Waals surface area contributed by atoms with Crippen LogP contribution in [0, 0.1) is 12.8 Å². The van der Waals surface area contributed by atoms with Crippen LogP contribution in [0.3, 0.4) is 0 Å². The molecule has 16 heavy (non-hydrogen) atoms. The zero-order valence-corrected chi connectivity index (χ0v) is 9.98. The zero-order chi connectivity index (χ0) is 12.1. The van der Waals surface area contributed by atoms with E-state index in [2.05, 4.69) is 20.3 Å². The molecular formula is C10H17N3O3. The fourth-order valence-electron chi connectivity index (χ4n) is 1.33. The Balaban J connectivity index is 2.57. The molecule has 1 unspecified atom stereocenters. The third-order valence-corrected chi connectivity index (χ3v) is 2.36. The number of esters is 1. The lowest BCUT2D eigenvalue weighted by Crippen LogP contribution is -2.41. The molecular weight excluding hydrogens is 210 g/mol. The van der Waals surface area contributed by atoms with Crippen LogP contribution >= 0.6 is 0 Å². The number of aryl methyl sites for hydroxylation is 1. The lowest BCUT2D eigenvalue weighted by molar-refractivity contribution is -0.144. The van der Waals surface area contributed by atoms with Gasteiger partial charge in [-0.2, -0.15) is 0 Å². The summed E-state index contributed by atoms with van der Waals surface area (Å²) in [5.74, 6) is -0.128. The van der Waals surface area contributed by atoms with Crippen LogP contribution < -0.4 is 5.32 Å². The minimum atomic E-state index is -0.346. The highest BCUT2D eigenvalue weighted by molar-refractivity contribution is 5.75. The quantitative estimate of drug-likeness (QED) is 0.745. The van der Waals surface area contributed by atoms with Crippen molar-refractivity contribution in [2.75, 3.05) is 7.11 Å². The van der Waals surface area contributed by atoms with Gasteiger partial charge in [-0.25, -0.2) is 4.63 Å². The first-order chi connectivity index (χ1) is 7.56. The van der Waals surface area contributed by atoms with E-state index in [1.807, 2.05) is 13.8 Å². The number of aromatic nitrogens is 2. The van der Waals surface area contributed by atoms with Gasteiger partial charge in [0, 0.05) is 6.54 Å². The molecule has 0 aromatic carbocycles. The van der Waals surface area contributed by atoms with Gasteiger partial charge in [-0.1, -0.05) is 24.2 Å². The summed E-state index contributed by atoms with van der Waals surface area (Å²) in [6, 6.07) is -0.346. The van der Waals surface area contributed by atoms with Crippen LogP contribution in [-0.4, -0.2) is 29.4 Å². The van der Waals surface area contributed by atoms with Crippen LogP contribution in [-0.2, 0) is 16.1 Å². The van der Waals surface area contributed by atoms with Gasteiger partial charge in [0.25, 0.3) is 0 Å². The minimum Gasteiger partial charge on any atom is -0.468 e. The van der Waals surface area contributed by atoms with E-state index in [1.54, 1.807) is 6.92 Å². The van der Waals surface area contributed by atoms with E-state index in [4.69, 9.17) is 4.74 Å². The summed E-state index contributed by atoms with van der Waals surface area (Å²) in [5, 5.41) is 10.5. The summed E-state index contributed by atoms with van der Waals surface area (Å²) in [6.45, 7) is 6.13. The van der Waals surface area contributed by atoms with Gasteiger partial charge < -0.3 is 4.74 Å². The van der Waals surface area contributed by atoms with Crippen LogP contribution in [0.4, 0.5) is 0 Å². The Hall–Kier alpha value is -1.43. The maximum Gasteiger partial charge on any atom is 0.323 e. The van der Waals surface area contributed by atoms with Crippen molar-refractivity contribution in [2.24, 2.45) is 5.92 Å². The fourth-order valence-corrected chi connectivity index (χ4v) is 1.33. The lowest BCUT2D eigenvalue weighted by Gasteiger charge is -2.19. The fraction of sp³-hybridized carbons (Fsp3) is 0.700. The molecule has 6 nitrogen and oxygen atoms in total. The van der Waals surface area contributed by atoms with Gasteiger partial charge in [0.15, 0.2) is 0 Å². The van der Waals surface area contributed by atoms with Crippen LogP contribution in [0.1, 0.15) is 25.2 Å². The van der Waals surface area contributed by atoms with Crippen molar-refractivity contribution in [3.63, 3.8) is 0 Å². The predicted molar refractivity (Wildman–Crippen MR) is 56.5 cm³/mol. The monoisotopic (exact) mass is 227 g/mol. The summed E-state index contributed by atoms with van der Waals surface area (Å²) in [5.41, 5.74) is 1.43. The Morgan fingerprint density at radius 3 is 2.62 bits per heavy atom. The summed E-state index contributed by atoms with van der Waals surface area (Å²) in [7, 11) is 1.38. The summed E-state index contributed by atoms with van der Waals surface area (Å²) in [4.78, 5) is 11.5. The molecule has 0 fully saturated rings. The Labute approximate surface area is 94.3 Å². The third-order valence-electron chi connectivity index (χ3n) is 2.36. The second-order valence-electron chi connectivity index (χ2n) is 3.92. The predicted octanol–water partition coefficient (Wildman–Crippen LogP) is 0.665. The third kappa shape index (κ3) is 3.03. The molecule has 1 atom stereocenters. The number of nitrogens with zero attached hydrogens (tertiary/aromatic N) is 2. The van der Waals surface area contributed by atoms with E-state index in [0.29, 0.717) is 12.2 Å². The van der Waals surface area contributed by atoms with E-state index >= 15 is 0 Å². The van der Waals surface area contributed by atoms with Crippen LogP contribution in [0.2, 0.25) is 0 Å². The molecule has 0 saturated heterocycles. The van der Waals surface area contributed by atoms with Crippen LogP contribution in [0.5, 0.6) is 0 Å². The number of methoxy groups -OCH3 is 1. The molecule has 1 aromatic rings. The summed E-state index contributed by atoms with van der Waals surface area (Å²) in [6.07, 6.45) is 0. The molecule has 1 aromatic heterocycles. The van der Waals surface area contributed by atoms with Gasteiger partial charge in [-0.05, 0) is 12.8 Å². The molecule has 0 aliphatic heterocycles. The summed E-state index contributed by atoms with van der Waals surface area (Å²) >= 11 is 0. The molecule has 0 spiro atoms. The largest absolute Gasteiger partial charge is 0.468 e. The second-order valence-corrected chi connectivity index (χ2v) is 3.92. The molecule has 0 aliphatic carbocycles. The van der Waals surface area contributed by atoms with Crippen LogP contribution in [0.25, 0.3) is 0 Å². The topological polar surface area (TPSA) is 77.2 Å². The van der Waals surface area contributed by atoms with Crippen molar-refractivity contribution < 1.29 is 14.2 Å². The van der Waals surface area contributed by atoms with Gasteiger partial charge in [0.1, 0.15) is 17.4 Å². The Kier molecular flexibility index (Phi) is 4.42. The van der Waals surface area contributed by atoms with Crippen LogP contribution in [0.15, 0.2) is 4.63 Å². The number of carbonyl (C=O) groups excluding carboxylic acids is 1. The normalized spacial score (nSPS) is 12.8. The molecule has 1 N–H and O–H groups in total. The maximum atomic E-state index is 11.5. The average molecular weight is 227 g/mol. The number of hydrogen-bond acceptors (Lipinski definition) is 6. The van der Waals surface area contributed by atoms with Gasteiger partial charge in [-0.3, -0.25) is 10.1 Å². The summed E-state index contributed by atoms with van der Waals surface area (Å²) < 4.78 is 9.28. The highest BCUT2D eigenvalue weighted by atomic mass is 16.6. The first-order valence-electron chi connectivity index (χ1n) is 5.15. The number of ether oxygens (including phenoxy) is 1. The standard InChI is InChI=1S/C10H17N3O3/c1-6(2)9(10(14)15-4)11-5-8-7(3)12-16-13-8/h6,9,11H,5H2,1-4H3. The van der Waals surface area contributed by atoms with E-state index in [0.717, 1.165) is 5.69 Å². The number of hydrogen-bond donors (Lipinski definition) is 1. The second kappa shape index (κ2) is 5.60. The van der Waals surface area contributed by atoms with Crippen molar-refractivity contribution in [1.82, 2.24) is 15.6 Å².